The molecule has 6 nitrogen and oxygen atoms in total. The van der Waals surface area contributed by atoms with Crippen LogP contribution in [0.15, 0.2) is 48.9 Å². The molecule has 0 saturated heterocycles. The van der Waals surface area contributed by atoms with Crippen molar-refractivity contribution in [2.24, 2.45) is 0 Å². The average Bonchev–Trinajstić information content (AvgIpc) is 2.98. The molecule has 0 saturated carbocycles. The summed E-state index contributed by atoms with van der Waals surface area (Å²) in [6.45, 7) is 2.34. The number of fused-ring (bicyclic) bond motifs is 1. The fourth-order valence-electron chi connectivity index (χ4n) is 2.39. The van der Waals surface area contributed by atoms with Crippen molar-refractivity contribution in [3.8, 4) is 0 Å². The van der Waals surface area contributed by atoms with E-state index in [0.717, 1.165) is 16.9 Å². The Bertz CT molecular complexity index is 814. The average molecular weight is 310 g/mol. The summed E-state index contributed by atoms with van der Waals surface area (Å²) < 4.78 is 7.03. The minimum absolute atomic E-state index is 0.251. The summed E-state index contributed by atoms with van der Waals surface area (Å²) in [6, 6.07) is 9.10. The lowest BCUT2D eigenvalue weighted by atomic mass is 10.2. The predicted molar refractivity (Wildman–Crippen MR) is 86.2 cm³/mol. The van der Waals surface area contributed by atoms with Crippen molar-refractivity contribution in [1.29, 1.82) is 0 Å². The molecule has 3 rings (SSSR count). The molecule has 0 aromatic carbocycles. The third-order valence-electron chi connectivity index (χ3n) is 3.52. The van der Waals surface area contributed by atoms with Gasteiger partial charge in [0.1, 0.15) is 11.3 Å². The van der Waals surface area contributed by atoms with Gasteiger partial charge < -0.3 is 14.5 Å². The molecule has 0 aliphatic carbocycles. The Hall–Kier alpha value is -2.73. The summed E-state index contributed by atoms with van der Waals surface area (Å²) in [5, 5.41) is 2.92. The van der Waals surface area contributed by atoms with Crippen LogP contribution in [0.4, 0.5) is 0 Å². The Labute approximate surface area is 134 Å². The van der Waals surface area contributed by atoms with Gasteiger partial charge in [0.25, 0.3) is 5.91 Å². The summed E-state index contributed by atoms with van der Waals surface area (Å²) in [7, 11) is 1.59. The zero-order valence-corrected chi connectivity index (χ0v) is 13.1. The molecule has 3 aromatic rings. The van der Waals surface area contributed by atoms with Gasteiger partial charge >= 0.3 is 0 Å². The quantitative estimate of drug-likeness (QED) is 0.784. The number of rotatable bonds is 5. The second-order valence-corrected chi connectivity index (χ2v) is 5.33. The van der Waals surface area contributed by atoms with Crippen LogP contribution in [0.25, 0.3) is 5.65 Å². The molecule has 6 heteroatoms. The molecule has 118 valence electrons. The number of pyridine rings is 2. The first-order chi connectivity index (χ1) is 11.2. The number of hydrogen-bond donors (Lipinski definition) is 1. The predicted octanol–water partition coefficient (Wildman–Crippen LogP) is 2.16. The van der Waals surface area contributed by atoms with Gasteiger partial charge in [-0.1, -0.05) is 12.1 Å². The van der Waals surface area contributed by atoms with E-state index in [9.17, 15) is 4.79 Å². The van der Waals surface area contributed by atoms with Crippen LogP contribution in [0.3, 0.4) is 0 Å². The minimum atomic E-state index is -0.319. The Balaban J connectivity index is 1.83. The maximum absolute atomic E-state index is 12.5. The number of imidazole rings is 1. The second kappa shape index (κ2) is 6.58. The van der Waals surface area contributed by atoms with E-state index in [0.29, 0.717) is 12.3 Å². The highest BCUT2D eigenvalue weighted by atomic mass is 16.5. The van der Waals surface area contributed by atoms with Crippen LogP contribution in [-0.4, -0.2) is 34.0 Å². The Morgan fingerprint density at radius 3 is 2.91 bits per heavy atom. The number of aryl methyl sites for hydroxylation is 1. The van der Waals surface area contributed by atoms with E-state index in [4.69, 9.17) is 4.74 Å². The molecule has 0 bridgehead atoms. The van der Waals surface area contributed by atoms with Crippen molar-refractivity contribution in [2.45, 2.75) is 13.0 Å². The van der Waals surface area contributed by atoms with Gasteiger partial charge in [0.15, 0.2) is 0 Å². The van der Waals surface area contributed by atoms with Crippen molar-refractivity contribution in [3.63, 3.8) is 0 Å². The summed E-state index contributed by atoms with van der Waals surface area (Å²) in [6.07, 6.45) is 5.35. The monoisotopic (exact) mass is 310 g/mol. The third-order valence-corrected chi connectivity index (χ3v) is 3.52. The first kappa shape index (κ1) is 15.2. The van der Waals surface area contributed by atoms with E-state index in [2.05, 4.69) is 15.3 Å². The van der Waals surface area contributed by atoms with Gasteiger partial charge in [-0.2, -0.15) is 0 Å². The summed E-state index contributed by atoms with van der Waals surface area (Å²) in [4.78, 5) is 21.1. The number of amides is 1. The normalized spacial score (nSPS) is 12.3. The van der Waals surface area contributed by atoms with Crippen molar-refractivity contribution < 1.29 is 9.53 Å². The van der Waals surface area contributed by atoms with Crippen LogP contribution in [0.5, 0.6) is 0 Å². The zero-order valence-electron chi connectivity index (χ0n) is 13.1. The van der Waals surface area contributed by atoms with Crippen LogP contribution in [0.2, 0.25) is 0 Å². The molecule has 1 N–H and O–H groups in total. The van der Waals surface area contributed by atoms with Gasteiger partial charge in [-0.15, -0.1) is 0 Å². The maximum atomic E-state index is 12.5. The molecule has 0 aliphatic heterocycles. The van der Waals surface area contributed by atoms with Crippen LogP contribution >= 0.6 is 0 Å². The number of methoxy groups -OCH3 is 1. The zero-order chi connectivity index (χ0) is 16.2. The molecule has 1 amide bonds. The van der Waals surface area contributed by atoms with Gasteiger partial charge in [0.2, 0.25) is 0 Å². The maximum Gasteiger partial charge on any atom is 0.272 e. The highest BCUT2D eigenvalue weighted by Gasteiger charge is 2.18. The first-order valence-corrected chi connectivity index (χ1v) is 7.33. The number of nitrogens with one attached hydrogen (secondary N) is 1. The molecular formula is C17H18N4O2. The fraction of sp³-hybridized carbons (Fsp3) is 0.235. The lowest BCUT2D eigenvalue weighted by Crippen LogP contribution is -2.32. The highest BCUT2D eigenvalue weighted by molar-refractivity contribution is 5.93. The van der Waals surface area contributed by atoms with Crippen LogP contribution in [0, 0.1) is 6.92 Å². The SMILES string of the molecule is COC[C@H](NC(=O)c1cn2cc(C)ccc2n1)c1ccccn1. The summed E-state index contributed by atoms with van der Waals surface area (Å²) >= 11 is 0. The Kier molecular flexibility index (Phi) is 4.34. The fourth-order valence-corrected chi connectivity index (χ4v) is 2.39. The first-order valence-electron chi connectivity index (χ1n) is 7.33. The van der Waals surface area contributed by atoms with E-state index in [1.165, 1.54) is 0 Å². The molecule has 23 heavy (non-hydrogen) atoms. The lowest BCUT2D eigenvalue weighted by molar-refractivity contribution is 0.0890. The van der Waals surface area contributed by atoms with Gasteiger partial charge in [0, 0.05) is 25.7 Å². The number of ether oxygens (including phenoxy) is 1. The van der Waals surface area contributed by atoms with Crippen molar-refractivity contribution in [3.05, 3.63) is 65.9 Å². The number of nitrogens with zero attached hydrogens (tertiary/aromatic N) is 3. The standard InChI is InChI=1S/C17H18N4O2/c1-12-6-7-16-19-14(10-21(16)9-12)17(22)20-15(11-23-2)13-5-3-4-8-18-13/h3-10,15H,11H2,1-2H3,(H,20,22)/t15-/m0/s1. The van der Waals surface area contributed by atoms with E-state index in [1.54, 1.807) is 19.5 Å². The number of hydrogen-bond acceptors (Lipinski definition) is 4. The molecule has 3 heterocycles. The number of carbonyl (C=O) groups is 1. The smallest absolute Gasteiger partial charge is 0.272 e. The van der Waals surface area contributed by atoms with Gasteiger partial charge in [-0.3, -0.25) is 9.78 Å². The number of carbonyl (C=O) groups excluding carboxylic acids is 1. The van der Waals surface area contributed by atoms with E-state index in [1.807, 2.05) is 47.9 Å². The van der Waals surface area contributed by atoms with Crippen molar-refractivity contribution in [2.75, 3.05) is 13.7 Å². The van der Waals surface area contributed by atoms with Gasteiger partial charge in [0.05, 0.1) is 18.3 Å². The minimum Gasteiger partial charge on any atom is -0.382 e. The molecule has 0 aliphatic rings. The molecular weight excluding hydrogens is 292 g/mol. The number of aromatic nitrogens is 3. The highest BCUT2D eigenvalue weighted by Crippen LogP contribution is 2.12. The van der Waals surface area contributed by atoms with Crippen molar-refractivity contribution >= 4 is 11.6 Å². The van der Waals surface area contributed by atoms with Crippen LogP contribution in [0.1, 0.15) is 27.8 Å². The van der Waals surface area contributed by atoms with Gasteiger partial charge in [-0.05, 0) is 30.7 Å². The van der Waals surface area contributed by atoms with E-state index < -0.39 is 0 Å². The molecule has 1 atom stereocenters. The summed E-state index contributed by atoms with van der Waals surface area (Å²) in [5.74, 6) is -0.251. The third kappa shape index (κ3) is 3.37. The topological polar surface area (TPSA) is 68.5 Å². The van der Waals surface area contributed by atoms with E-state index >= 15 is 0 Å². The molecule has 0 radical (unpaired) electrons. The van der Waals surface area contributed by atoms with Gasteiger partial charge in [-0.25, -0.2) is 4.98 Å². The molecule has 0 unspecified atom stereocenters. The Morgan fingerprint density at radius 2 is 2.17 bits per heavy atom. The second-order valence-electron chi connectivity index (χ2n) is 5.33. The van der Waals surface area contributed by atoms with Crippen LogP contribution < -0.4 is 5.32 Å². The van der Waals surface area contributed by atoms with Crippen molar-refractivity contribution in [1.82, 2.24) is 19.7 Å². The summed E-state index contributed by atoms with van der Waals surface area (Å²) in [5.41, 5.74) is 2.96. The molecule has 3 aromatic heterocycles. The lowest BCUT2D eigenvalue weighted by Gasteiger charge is -2.16. The van der Waals surface area contributed by atoms with Crippen LogP contribution in [-0.2, 0) is 4.74 Å². The molecule has 0 spiro atoms. The van der Waals surface area contributed by atoms with E-state index in [-0.39, 0.29) is 11.9 Å². The largest absolute Gasteiger partial charge is 0.382 e. The molecule has 0 fully saturated rings. The Morgan fingerprint density at radius 1 is 1.30 bits per heavy atom.